The highest BCUT2D eigenvalue weighted by atomic mass is 28.4. The summed E-state index contributed by atoms with van der Waals surface area (Å²) in [5, 5.41) is 3.56. The van der Waals surface area contributed by atoms with Crippen LogP contribution in [0.1, 0.15) is 51.3 Å². The Labute approximate surface area is 223 Å². The summed E-state index contributed by atoms with van der Waals surface area (Å²) in [6.45, 7) is 18.2. The molecule has 0 amide bonds. The van der Waals surface area contributed by atoms with Crippen LogP contribution in [0.3, 0.4) is 0 Å². The monoisotopic (exact) mass is 517 g/mol. The van der Waals surface area contributed by atoms with Gasteiger partial charge in [-0.25, -0.2) is 4.39 Å². The van der Waals surface area contributed by atoms with E-state index >= 15 is 0 Å². The molecular weight excluding hydrogens is 477 g/mol. The zero-order valence-electron chi connectivity index (χ0n) is 23.5. The van der Waals surface area contributed by atoms with Crippen molar-refractivity contribution >= 4 is 19.7 Å². The SMILES string of the molecule is Cc1cc(Nc2cccc(OCc3ccccc3)c2C#CC(C)(C)CO[Si](C)(C)C(C)(C)C)ccc1F. The van der Waals surface area contributed by atoms with E-state index in [2.05, 4.69) is 64.9 Å². The molecule has 0 heterocycles. The minimum atomic E-state index is -1.89. The van der Waals surface area contributed by atoms with Crippen molar-refractivity contribution in [3.05, 3.63) is 89.2 Å². The zero-order valence-corrected chi connectivity index (χ0v) is 24.5. The van der Waals surface area contributed by atoms with Crippen LogP contribution >= 0.6 is 0 Å². The van der Waals surface area contributed by atoms with Crippen LogP contribution in [0.4, 0.5) is 15.8 Å². The molecule has 0 unspecified atom stereocenters. The van der Waals surface area contributed by atoms with Gasteiger partial charge < -0.3 is 14.5 Å². The molecule has 0 fully saturated rings. The number of hydrogen-bond acceptors (Lipinski definition) is 3. The van der Waals surface area contributed by atoms with E-state index in [4.69, 9.17) is 9.16 Å². The lowest BCUT2D eigenvalue weighted by atomic mass is 9.95. The molecule has 0 aliphatic rings. The average Bonchev–Trinajstić information content (AvgIpc) is 2.83. The number of hydrogen-bond donors (Lipinski definition) is 1. The van der Waals surface area contributed by atoms with Gasteiger partial charge in [-0.05, 0) is 80.4 Å². The van der Waals surface area contributed by atoms with E-state index in [0.717, 1.165) is 22.5 Å². The molecule has 0 aliphatic heterocycles. The molecule has 0 bridgehead atoms. The molecule has 3 rings (SSSR count). The molecule has 3 aromatic carbocycles. The van der Waals surface area contributed by atoms with Crippen LogP contribution in [0.5, 0.6) is 5.75 Å². The second kappa shape index (κ2) is 11.5. The van der Waals surface area contributed by atoms with Gasteiger partial charge in [0.2, 0.25) is 0 Å². The highest BCUT2D eigenvalue weighted by molar-refractivity contribution is 6.74. The number of nitrogens with one attached hydrogen (secondary N) is 1. The summed E-state index contributed by atoms with van der Waals surface area (Å²) in [7, 11) is -1.89. The molecule has 0 saturated carbocycles. The van der Waals surface area contributed by atoms with Gasteiger partial charge in [0.25, 0.3) is 0 Å². The lowest BCUT2D eigenvalue weighted by Gasteiger charge is -2.38. The van der Waals surface area contributed by atoms with Crippen LogP contribution < -0.4 is 10.1 Å². The Bertz CT molecular complexity index is 1270. The predicted octanol–water partition coefficient (Wildman–Crippen LogP) is 8.86. The quantitative estimate of drug-likeness (QED) is 0.239. The van der Waals surface area contributed by atoms with E-state index in [1.165, 1.54) is 6.07 Å². The minimum Gasteiger partial charge on any atom is -0.488 e. The van der Waals surface area contributed by atoms with Gasteiger partial charge in [0, 0.05) is 17.7 Å². The van der Waals surface area contributed by atoms with Gasteiger partial charge in [-0.3, -0.25) is 0 Å². The normalized spacial score (nSPS) is 12.0. The summed E-state index contributed by atoms with van der Waals surface area (Å²) < 4.78 is 26.6. The number of rotatable bonds is 8. The van der Waals surface area contributed by atoms with E-state index in [-0.39, 0.29) is 16.3 Å². The van der Waals surface area contributed by atoms with Gasteiger partial charge in [0.15, 0.2) is 8.32 Å². The predicted molar refractivity (Wildman–Crippen MR) is 155 cm³/mol. The van der Waals surface area contributed by atoms with Crippen molar-refractivity contribution in [3.8, 4) is 17.6 Å². The standard InChI is InChI=1S/C32H40FNO2Si/c1-24-21-26(17-18-28(24)33)34-29-15-12-16-30(35-22-25-13-10-9-11-14-25)27(29)19-20-32(5,6)23-36-37(7,8)31(2,3)4/h9-18,21,34H,22-23H2,1-8H3. The second-order valence-electron chi connectivity index (χ2n) is 11.7. The van der Waals surface area contributed by atoms with E-state index in [9.17, 15) is 4.39 Å². The Morgan fingerprint density at radius 2 is 1.62 bits per heavy atom. The van der Waals surface area contributed by atoms with Gasteiger partial charge in [-0.15, -0.1) is 0 Å². The molecule has 0 radical (unpaired) electrons. The van der Waals surface area contributed by atoms with E-state index in [0.29, 0.717) is 24.5 Å². The summed E-state index contributed by atoms with van der Waals surface area (Å²) >= 11 is 0. The summed E-state index contributed by atoms with van der Waals surface area (Å²) in [6, 6.07) is 20.9. The Kier molecular flexibility index (Phi) is 8.89. The number of ether oxygens (including phenoxy) is 1. The molecule has 196 valence electrons. The third-order valence-electron chi connectivity index (χ3n) is 6.83. The van der Waals surface area contributed by atoms with Gasteiger partial charge >= 0.3 is 0 Å². The maximum absolute atomic E-state index is 13.8. The maximum atomic E-state index is 13.8. The fourth-order valence-corrected chi connectivity index (χ4v) is 4.50. The Hall–Kier alpha value is -3.07. The van der Waals surface area contributed by atoms with Crippen molar-refractivity contribution in [2.24, 2.45) is 5.41 Å². The first-order chi connectivity index (χ1) is 17.3. The second-order valence-corrected chi connectivity index (χ2v) is 16.5. The Balaban J connectivity index is 1.93. The number of halogens is 1. The van der Waals surface area contributed by atoms with Crippen LogP contribution in [0.25, 0.3) is 0 Å². The molecule has 0 aromatic heterocycles. The topological polar surface area (TPSA) is 30.5 Å². The molecule has 3 aromatic rings. The summed E-state index contributed by atoms with van der Waals surface area (Å²) in [5.41, 5.74) is 3.68. The van der Waals surface area contributed by atoms with Crippen molar-refractivity contribution < 1.29 is 13.6 Å². The Morgan fingerprint density at radius 1 is 0.919 bits per heavy atom. The third-order valence-corrected chi connectivity index (χ3v) is 11.3. The van der Waals surface area contributed by atoms with Crippen LogP contribution in [-0.4, -0.2) is 14.9 Å². The van der Waals surface area contributed by atoms with Crippen molar-refractivity contribution in [3.63, 3.8) is 0 Å². The molecule has 0 spiro atoms. The fourth-order valence-electron chi connectivity index (χ4n) is 3.34. The molecule has 0 aliphatic carbocycles. The molecule has 3 nitrogen and oxygen atoms in total. The van der Waals surface area contributed by atoms with Gasteiger partial charge in [0.05, 0.1) is 11.3 Å². The minimum absolute atomic E-state index is 0.138. The van der Waals surface area contributed by atoms with Crippen LogP contribution in [0.2, 0.25) is 18.1 Å². The van der Waals surface area contributed by atoms with Crippen molar-refractivity contribution in [2.45, 2.75) is 66.3 Å². The molecule has 0 atom stereocenters. The summed E-state index contributed by atoms with van der Waals surface area (Å²) in [4.78, 5) is 0. The lowest BCUT2D eigenvalue weighted by Crippen LogP contribution is -2.42. The third kappa shape index (κ3) is 7.95. The number of anilines is 2. The van der Waals surface area contributed by atoms with Crippen LogP contribution in [-0.2, 0) is 11.0 Å². The average molecular weight is 518 g/mol. The zero-order chi connectivity index (χ0) is 27.3. The molecule has 0 saturated heterocycles. The van der Waals surface area contributed by atoms with Gasteiger partial charge in [-0.1, -0.05) is 69.0 Å². The van der Waals surface area contributed by atoms with Gasteiger partial charge in [0.1, 0.15) is 18.2 Å². The van der Waals surface area contributed by atoms with Crippen molar-refractivity contribution in [2.75, 3.05) is 11.9 Å². The van der Waals surface area contributed by atoms with Gasteiger partial charge in [-0.2, -0.15) is 0 Å². The van der Waals surface area contributed by atoms with E-state index in [1.807, 2.05) is 48.5 Å². The molecule has 1 N–H and O–H groups in total. The van der Waals surface area contributed by atoms with Crippen molar-refractivity contribution in [1.82, 2.24) is 0 Å². The summed E-state index contributed by atoms with van der Waals surface area (Å²) in [6.07, 6.45) is 0. The van der Waals surface area contributed by atoms with Crippen LogP contribution in [0.15, 0.2) is 66.7 Å². The summed E-state index contributed by atoms with van der Waals surface area (Å²) in [5.74, 6) is 7.32. The fraction of sp³-hybridized carbons (Fsp3) is 0.375. The number of aryl methyl sites for hydroxylation is 1. The first-order valence-corrected chi connectivity index (χ1v) is 15.7. The maximum Gasteiger partial charge on any atom is 0.192 e. The molecule has 5 heteroatoms. The highest BCUT2D eigenvalue weighted by Crippen LogP contribution is 2.37. The van der Waals surface area contributed by atoms with Crippen LogP contribution in [0, 0.1) is 30.0 Å². The smallest absolute Gasteiger partial charge is 0.192 e. The Morgan fingerprint density at radius 3 is 2.27 bits per heavy atom. The van der Waals surface area contributed by atoms with E-state index in [1.54, 1.807) is 19.1 Å². The highest BCUT2D eigenvalue weighted by Gasteiger charge is 2.38. The molecule has 37 heavy (non-hydrogen) atoms. The molecular formula is C32H40FNO2Si. The first kappa shape index (κ1) is 28.5. The number of benzene rings is 3. The largest absolute Gasteiger partial charge is 0.488 e. The first-order valence-electron chi connectivity index (χ1n) is 12.8. The lowest BCUT2D eigenvalue weighted by molar-refractivity contribution is 0.209. The van der Waals surface area contributed by atoms with E-state index < -0.39 is 8.32 Å². The van der Waals surface area contributed by atoms with Crippen molar-refractivity contribution in [1.29, 1.82) is 0 Å².